The van der Waals surface area contributed by atoms with Crippen LogP contribution in [0.5, 0.6) is 5.75 Å². The number of fused-ring (bicyclic) bond motifs is 1. The molecule has 5 heteroatoms. The summed E-state index contributed by atoms with van der Waals surface area (Å²) in [7, 11) is 0. The van der Waals surface area contributed by atoms with E-state index < -0.39 is 11.2 Å². The highest BCUT2D eigenvalue weighted by Crippen LogP contribution is 2.48. The number of hydrogen-bond donors (Lipinski definition) is 2. The van der Waals surface area contributed by atoms with Crippen LogP contribution in [0.4, 0.5) is 0 Å². The first-order valence-corrected chi connectivity index (χ1v) is 13.2. The van der Waals surface area contributed by atoms with E-state index in [1.807, 2.05) is 55.5 Å². The Morgan fingerprint density at radius 2 is 1.62 bits per heavy atom. The number of allylic oxidation sites excluding steroid dienone is 6. The topological polar surface area (TPSA) is 68.2 Å². The summed E-state index contributed by atoms with van der Waals surface area (Å²) >= 11 is 0. The number of rotatable bonds is 4. The smallest absolute Gasteiger partial charge is 0.183 e. The normalized spacial score (nSPS) is 28.3. The molecule has 37 heavy (non-hydrogen) atoms. The van der Waals surface area contributed by atoms with Crippen LogP contribution in [0.15, 0.2) is 94.7 Å². The number of hydrogen-bond acceptors (Lipinski definition) is 5. The molecule has 0 amide bonds. The number of para-hydroxylation sites is 1. The van der Waals surface area contributed by atoms with Gasteiger partial charge in [-0.25, -0.2) is 0 Å². The molecule has 2 heterocycles. The highest BCUT2D eigenvalue weighted by atomic mass is 16.5. The summed E-state index contributed by atoms with van der Waals surface area (Å²) < 4.78 is 18.2. The molecule has 5 aliphatic rings. The van der Waals surface area contributed by atoms with Gasteiger partial charge in [-0.05, 0) is 37.8 Å². The molecule has 0 aromatic heterocycles. The third-order valence-corrected chi connectivity index (χ3v) is 7.90. The van der Waals surface area contributed by atoms with Gasteiger partial charge in [0.05, 0.1) is 6.61 Å². The maximum atomic E-state index is 12.1. The molecule has 6 rings (SSSR count). The van der Waals surface area contributed by atoms with E-state index in [0.29, 0.717) is 23.5 Å². The van der Waals surface area contributed by atoms with E-state index in [1.54, 1.807) is 0 Å². The summed E-state index contributed by atoms with van der Waals surface area (Å²) in [4.78, 5) is 0. The Labute approximate surface area is 218 Å². The Bertz CT molecular complexity index is 1360. The second kappa shape index (κ2) is 9.54. The Morgan fingerprint density at radius 1 is 0.919 bits per heavy atom. The minimum atomic E-state index is -1.45. The van der Waals surface area contributed by atoms with Crippen molar-refractivity contribution in [3.05, 3.63) is 100 Å². The molecule has 1 aromatic rings. The standard InChI is InChI=1S/C32H32O5/c1-22(32(34)25-13-4-8-17-29(25)37-30-18-9-5-14-26(30)32)21-35-20-10-19-31(33)23-11-2-6-15-27(23)36-28-16-7-3-12-24(28)31/h2-4,6,9,11-13,15,18,22,33-34H,5,7-8,14,16-17,20-21H2,1H3. The molecule has 3 unspecified atom stereocenters. The molecule has 3 atom stereocenters. The fourth-order valence-corrected chi connectivity index (χ4v) is 5.97. The van der Waals surface area contributed by atoms with Crippen LogP contribution >= 0.6 is 0 Å². The Kier molecular flexibility index (Phi) is 6.20. The molecular weight excluding hydrogens is 464 g/mol. The number of ether oxygens (including phenoxy) is 3. The molecule has 2 N–H and O–H groups in total. The first kappa shape index (κ1) is 24.1. The summed E-state index contributed by atoms with van der Waals surface area (Å²) in [6.45, 7) is 2.48. The third-order valence-electron chi connectivity index (χ3n) is 7.90. The average molecular weight is 497 g/mol. The van der Waals surface area contributed by atoms with Crippen molar-refractivity contribution in [2.24, 2.45) is 5.92 Å². The third kappa shape index (κ3) is 4.01. The second-order valence-electron chi connectivity index (χ2n) is 10.2. The maximum absolute atomic E-state index is 12.1. The Balaban J connectivity index is 1.21. The van der Waals surface area contributed by atoms with Gasteiger partial charge in [0.2, 0.25) is 0 Å². The fourth-order valence-electron chi connectivity index (χ4n) is 5.97. The van der Waals surface area contributed by atoms with Gasteiger partial charge in [0.15, 0.2) is 5.60 Å². The zero-order valence-electron chi connectivity index (χ0n) is 21.1. The lowest BCUT2D eigenvalue weighted by atomic mass is 9.70. The lowest BCUT2D eigenvalue weighted by Crippen LogP contribution is -2.46. The molecule has 1 aromatic carbocycles. The van der Waals surface area contributed by atoms with Crippen molar-refractivity contribution in [3.8, 4) is 17.6 Å². The summed E-state index contributed by atoms with van der Waals surface area (Å²) in [5.74, 6) is 8.96. The molecule has 5 nitrogen and oxygen atoms in total. The lowest BCUT2D eigenvalue weighted by Gasteiger charge is -2.43. The second-order valence-corrected chi connectivity index (χ2v) is 10.2. The molecule has 0 bridgehead atoms. The Morgan fingerprint density at radius 3 is 2.46 bits per heavy atom. The van der Waals surface area contributed by atoms with Crippen LogP contribution in [-0.4, -0.2) is 29.0 Å². The number of aliphatic hydroxyl groups is 2. The van der Waals surface area contributed by atoms with Crippen LogP contribution < -0.4 is 4.74 Å². The molecule has 0 saturated heterocycles. The van der Waals surface area contributed by atoms with Crippen LogP contribution in [0, 0.1) is 17.8 Å². The SMILES string of the molecule is CC(COCC#CC1(O)C2=C(CCC=C2)Oc2ccccc21)C1(O)C2=C(CCC=C2)OC2=C1CCC=C2. The van der Waals surface area contributed by atoms with E-state index in [1.165, 1.54) is 0 Å². The molecule has 0 spiro atoms. The fraction of sp³-hybridized carbons (Fsp3) is 0.375. The average Bonchev–Trinajstić information content (AvgIpc) is 2.93. The molecule has 190 valence electrons. The van der Waals surface area contributed by atoms with E-state index in [9.17, 15) is 10.2 Å². The van der Waals surface area contributed by atoms with E-state index in [0.717, 1.165) is 66.9 Å². The van der Waals surface area contributed by atoms with Gasteiger partial charge in [-0.3, -0.25) is 0 Å². The minimum absolute atomic E-state index is 0.141. The first-order valence-electron chi connectivity index (χ1n) is 13.2. The van der Waals surface area contributed by atoms with Gasteiger partial charge in [-0.15, -0.1) is 0 Å². The van der Waals surface area contributed by atoms with Gasteiger partial charge in [-0.2, -0.15) is 0 Å². The van der Waals surface area contributed by atoms with Crippen molar-refractivity contribution in [3.63, 3.8) is 0 Å². The van der Waals surface area contributed by atoms with E-state index in [4.69, 9.17) is 14.2 Å². The van der Waals surface area contributed by atoms with Crippen molar-refractivity contribution in [1.82, 2.24) is 0 Å². The van der Waals surface area contributed by atoms with Crippen molar-refractivity contribution in [2.45, 2.75) is 56.7 Å². The molecule has 0 radical (unpaired) electrons. The van der Waals surface area contributed by atoms with Gasteiger partial charge < -0.3 is 24.4 Å². The maximum Gasteiger partial charge on any atom is 0.183 e. The van der Waals surface area contributed by atoms with Crippen molar-refractivity contribution in [2.75, 3.05) is 13.2 Å². The molecule has 3 aliphatic carbocycles. The van der Waals surface area contributed by atoms with Crippen LogP contribution in [0.1, 0.15) is 51.0 Å². The molecular formula is C32H32O5. The van der Waals surface area contributed by atoms with Crippen molar-refractivity contribution >= 4 is 0 Å². The van der Waals surface area contributed by atoms with E-state index in [2.05, 4.69) is 24.0 Å². The van der Waals surface area contributed by atoms with Gasteiger partial charge in [0.1, 0.15) is 35.2 Å². The summed E-state index contributed by atoms with van der Waals surface area (Å²) in [5, 5.41) is 23.8. The zero-order chi connectivity index (χ0) is 25.5. The van der Waals surface area contributed by atoms with E-state index in [-0.39, 0.29) is 12.5 Å². The lowest BCUT2D eigenvalue weighted by molar-refractivity contribution is -0.00196. The Hall–Kier alpha value is -3.30. The molecule has 2 aliphatic heterocycles. The monoisotopic (exact) mass is 496 g/mol. The van der Waals surface area contributed by atoms with Crippen LogP contribution in [0.2, 0.25) is 0 Å². The van der Waals surface area contributed by atoms with Crippen LogP contribution in [0.3, 0.4) is 0 Å². The van der Waals surface area contributed by atoms with Gasteiger partial charge in [0.25, 0.3) is 0 Å². The number of benzene rings is 1. The summed E-state index contributed by atoms with van der Waals surface area (Å²) in [6, 6.07) is 7.50. The van der Waals surface area contributed by atoms with Gasteiger partial charge in [0, 0.05) is 41.0 Å². The van der Waals surface area contributed by atoms with Crippen molar-refractivity contribution in [1.29, 1.82) is 0 Å². The zero-order valence-corrected chi connectivity index (χ0v) is 21.1. The van der Waals surface area contributed by atoms with Crippen molar-refractivity contribution < 1.29 is 24.4 Å². The molecule has 0 saturated carbocycles. The molecule has 0 fully saturated rings. The summed E-state index contributed by atoms with van der Waals surface area (Å²) in [6.07, 6.45) is 17.1. The minimum Gasteiger partial charge on any atom is -0.461 e. The van der Waals surface area contributed by atoms with Gasteiger partial charge in [-0.1, -0.05) is 67.3 Å². The summed E-state index contributed by atoms with van der Waals surface area (Å²) in [5.41, 5.74) is 0.540. The quantitative estimate of drug-likeness (QED) is 0.426. The van der Waals surface area contributed by atoms with Crippen LogP contribution in [-0.2, 0) is 15.1 Å². The predicted molar refractivity (Wildman–Crippen MR) is 141 cm³/mol. The largest absolute Gasteiger partial charge is 0.461 e. The van der Waals surface area contributed by atoms with Gasteiger partial charge >= 0.3 is 0 Å². The highest BCUT2D eigenvalue weighted by Gasteiger charge is 2.47. The first-order chi connectivity index (χ1) is 18.0. The van der Waals surface area contributed by atoms with Crippen LogP contribution in [0.25, 0.3) is 0 Å². The van der Waals surface area contributed by atoms with E-state index >= 15 is 0 Å². The highest BCUT2D eigenvalue weighted by molar-refractivity contribution is 5.57. The predicted octanol–water partition coefficient (Wildman–Crippen LogP) is 5.50.